The molecule has 7 heteroatoms. The van der Waals surface area contributed by atoms with Crippen molar-refractivity contribution in [3.8, 4) is 0 Å². The first-order valence-electron chi connectivity index (χ1n) is 10.4. The van der Waals surface area contributed by atoms with Crippen LogP contribution in [0.1, 0.15) is 15.9 Å². The van der Waals surface area contributed by atoms with Crippen LogP contribution < -0.4 is 0 Å². The minimum absolute atomic E-state index is 0. The molecular weight excluding hydrogens is 471 g/mol. The molecule has 0 spiro atoms. The van der Waals surface area contributed by atoms with Crippen molar-refractivity contribution in [1.82, 2.24) is 0 Å². The van der Waals surface area contributed by atoms with Crippen LogP contribution in [0.3, 0.4) is 0 Å². The number of rotatable bonds is 2. The summed E-state index contributed by atoms with van der Waals surface area (Å²) in [4.78, 5) is 30.0. The second kappa shape index (κ2) is 8.62. The Balaban J connectivity index is 0.00000241. The van der Waals surface area contributed by atoms with E-state index in [4.69, 9.17) is 4.99 Å². The summed E-state index contributed by atoms with van der Waals surface area (Å²) in [6.45, 7) is 0. The third-order valence-corrected chi connectivity index (χ3v) is 5.48. The van der Waals surface area contributed by atoms with Crippen LogP contribution in [-0.2, 0) is 16.8 Å². The van der Waals surface area contributed by atoms with Crippen molar-refractivity contribution in [2.24, 2.45) is 20.0 Å². The van der Waals surface area contributed by atoms with E-state index in [1.807, 2.05) is 66.8 Å². The quantitative estimate of drug-likeness (QED) is 0.650. The standard InChI is InChI=1S/C27H16N4O2.Co/c32-27(33)17-3-1-16(2-4-17)25-14-24-13-22-8-7-20(29-22)11-18-5-6-19(28-18)12-21-9-10-23(30-21)15-26(25)31-24;/h1-15H,(H,32,33);. The molecule has 6 nitrogen and oxygen atoms in total. The van der Waals surface area contributed by atoms with Crippen LogP contribution >= 0.6 is 0 Å². The number of hydrogen-bond acceptors (Lipinski definition) is 5. The van der Waals surface area contributed by atoms with Gasteiger partial charge in [0.15, 0.2) is 0 Å². The molecular formula is C27H16CoN4O2. The summed E-state index contributed by atoms with van der Waals surface area (Å²) in [5.74, 6) is -0.952. The largest absolute Gasteiger partial charge is 0.478 e. The van der Waals surface area contributed by atoms with E-state index in [1.165, 1.54) is 0 Å². The first-order chi connectivity index (χ1) is 16.1. The molecule has 0 aromatic heterocycles. The third-order valence-electron chi connectivity index (χ3n) is 5.48. The number of benzene rings is 1. The molecule has 1 aromatic rings. The molecule has 0 aliphatic carbocycles. The van der Waals surface area contributed by atoms with Gasteiger partial charge < -0.3 is 5.11 Å². The van der Waals surface area contributed by atoms with Crippen LogP contribution in [0.4, 0.5) is 0 Å². The number of carboxylic acid groups (broad SMARTS) is 1. The van der Waals surface area contributed by atoms with Gasteiger partial charge in [0.1, 0.15) is 0 Å². The molecule has 6 rings (SSSR count). The van der Waals surface area contributed by atoms with E-state index in [2.05, 4.69) is 15.0 Å². The molecule has 5 aliphatic heterocycles. The smallest absolute Gasteiger partial charge is 0.335 e. The van der Waals surface area contributed by atoms with E-state index in [0.29, 0.717) is 0 Å². The van der Waals surface area contributed by atoms with Crippen LogP contribution in [-0.4, -0.2) is 33.9 Å². The number of hydrogen-bond donors (Lipinski definition) is 1. The van der Waals surface area contributed by atoms with Gasteiger partial charge in [0, 0.05) is 22.4 Å². The van der Waals surface area contributed by atoms with Crippen LogP contribution in [0.2, 0.25) is 0 Å². The van der Waals surface area contributed by atoms with Crippen molar-refractivity contribution >= 4 is 34.4 Å². The minimum atomic E-state index is -0.952. The number of aromatic carboxylic acids is 1. The van der Waals surface area contributed by atoms with Gasteiger partial charge in [0.05, 0.1) is 51.2 Å². The summed E-state index contributed by atoms with van der Waals surface area (Å²) in [7, 11) is 0. The Bertz CT molecular complexity index is 1500. The Morgan fingerprint density at radius 3 is 1.62 bits per heavy atom. The van der Waals surface area contributed by atoms with Crippen molar-refractivity contribution < 1.29 is 26.7 Å². The van der Waals surface area contributed by atoms with Gasteiger partial charge in [-0.05, 0) is 84.5 Å². The number of nitrogens with zero attached hydrogens (tertiary/aromatic N) is 4. The maximum atomic E-state index is 11.2. The van der Waals surface area contributed by atoms with Gasteiger partial charge in [0.25, 0.3) is 0 Å². The summed E-state index contributed by atoms with van der Waals surface area (Å²) in [5, 5.41) is 9.22. The van der Waals surface area contributed by atoms with Gasteiger partial charge in [-0.3, -0.25) is 0 Å². The van der Waals surface area contributed by atoms with E-state index < -0.39 is 5.97 Å². The maximum absolute atomic E-state index is 11.2. The summed E-state index contributed by atoms with van der Waals surface area (Å²) < 4.78 is 0. The molecule has 0 saturated carbocycles. The molecule has 1 radical (unpaired) electrons. The Hall–Kier alpha value is -4.20. The van der Waals surface area contributed by atoms with Crippen molar-refractivity contribution in [2.75, 3.05) is 0 Å². The molecule has 0 fully saturated rings. The average Bonchev–Trinajstić information content (AvgIpc) is 3.59. The predicted octanol–water partition coefficient (Wildman–Crippen LogP) is 4.80. The van der Waals surface area contributed by atoms with Gasteiger partial charge in [-0.2, -0.15) is 0 Å². The predicted molar refractivity (Wildman–Crippen MR) is 131 cm³/mol. The monoisotopic (exact) mass is 487 g/mol. The SMILES string of the molecule is O=C(O)c1ccc(C2=CC3=NC2=CC2=NC(=CC4=NC(=CC5=NC(=C3)C=C5)C=C4)C=C2)cc1.[Co]. The third kappa shape index (κ3) is 4.22. The fraction of sp³-hybridized carbons (Fsp3) is 0. The number of aliphatic imine (C=N–C) groups is 4. The molecule has 165 valence electrons. The molecule has 0 unspecified atom stereocenters. The van der Waals surface area contributed by atoms with Crippen molar-refractivity contribution in [1.29, 1.82) is 0 Å². The fourth-order valence-electron chi connectivity index (χ4n) is 3.92. The van der Waals surface area contributed by atoms with Crippen LogP contribution in [0.5, 0.6) is 0 Å². The molecule has 0 saturated heterocycles. The molecule has 5 aliphatic rings. The average molecular weight is 487 g/mol. The molecule has 5 heterocycles. The normalized spacial score (nSPS) is 19.2. The van der Waals surface area contributed by atoms with E-state index in [9.17, 15) is 9.90 Å². The number of carboxylic acids is 1. The van der Waals surface area contributed by atoms with Crippen molar-refractivity contribution in [3.05, 3.63) is 125 Å². The summed E-state index contributed by atoms with van der Waals surface area (Å²) in [6, 6.07) is 6.80. The van der Waals surface area contributed by atoms with Gasteiger partial charge in [-0.1, -0.05) is 12.1 Å². The number of carbonyl (C=O) groups is 1. The zero-order chi connectivity index (χ0) is 22.4. The summed E-state index contributed by atoms with van der Waals surface area (Å²) in [5.41, 5.74) is 8.46. The molecule has 34 heavy (non-hydrogen) atoms. The fourth-order valence-corrected chi connectivity index (χ4v) is 3.92. The zero-order valence-corrected chi connectivity index (χ0v) is 18.7. The van der Waals surface area contributed by atoms with Crippen LogP contribution in [0.25, 0.3) is 5.57 Å². The number of fused-ring (bicyclic) bond motifs is 4. The van der Waals surface area contributed by atoms with Crippen molar-refractivity contribution in [2.45, 2.75) is 0 Å². The van der Waals surface area contributed by atoms with Crippen LogP contribution in [0, 0.1) is 0 Å². The van der Waals surface area contributed by atoms with E-state index in [-0.39, 0.29) is 22.3 Å². The first kappa shape index (κ1) is 21.6. The van der Waals surface area contributed by atoms with Gasteiger partial charge in [-0.15, -0.1) is 0 Å². The van der Waals surface area contributed by atoms with Gasteiger partial charge >= 0.3 is 5.97 Å². The molecule has 0 atom stereocenters. The second-order valence-electron chi connectivity index (χ2n) is 7.82. The Kier molecular flexibility index (Phi) is 5.49. The summed E-state index contributed by atoms with van der Waals surface area (Å²) in [6.07, 6.45) is 21.4. The maximum Gasteiger partial charge on any atom is 0.335 e. The Morgan fingerprint density at radius 1 is 0.588 bits per heavy atom. The Morgan fingerprint density at radius 2 is 1.09 bits per heavy atom. The molecule has 1 aromatic carbocycles. The van der Waals surface area contributed by atoms with Crippen LogP contribution in [0.15, 0.2) is 134 Å². The van der Waals surface area contributed by atoms with Gasteiger partial charge in [-0.25, -0.2) is 24.8 Å². The number of allylic oxidation sites excluding steroid dienone is 12. The zero-order valence-electron chi connectivity index (χ0n) is 17.6. The molecule has 8 bridgehead atoms. The van der Waals surface area contributed by atoms with Gasteiger partial charge in [0.2, 0.25) is 0 Å². The van der Waals surface area contributed by atoms with Crippen molar-refractivity contribution in [3.63, 3.8) is 0 Å². The van der Waals surface area contributed by atoms with E-state index in [0.717, 1.165) is 56.8 Å². The minimum Gasteiger partial charge on any atom is -0.478 e. The van der Waals surface area contributed by atoms with E-state index in [1.54, 1.807) is 24.3 Å². The topological polar surface area (TPSA) is 86.7 Å². The van der Waals surface area contributed by atoms with E-state index >= 15 is 0 Å². The second-order valence-corrected chi connectivity index (χ2v) is 7.82. The molecule has 0 amide bonds. The Labute approximate surface area is 205 Å². The summed E-state index contributed by atoms with van der Waals surface area (Å²) >= 11 is 0. The molecule has 1 N–H and O–H groups in total. The first-order valence-corrected chi connectivity index (χ1v) is 10.4.